The van der Waals surface area contributed by atoms with Gasteiger partial charge >= 0.3 is 0 Å². The maximum absolute atomic E-state index is 9.80. The summed E-state index contributed by atoms with van der Waals surface area (Å²) in [6, 6.07) is 3.82. The van der Waals surface area contributed by atoms with Crippen LogP contribution < -0.4 is 5.32 Å². The second-order valence-corrected chi connectivity index (χ2v) is 4.43. The van der Waals surface area contributed by atoms with Gasteiger partial charge in [0.05, 0.1) is 13.2 Å². The number of hydrogen-bond acceptors (Lipinski definition) is 4. The molecule has 1 aromatic carbocycles. The van der Waals surface area contributed by atoms with Gasteiger partial charge in [0.2, 0.25) is 0 Å². The van der Waals surface area contributed by atoms with E-state index in [1.54, 1.807) is 6.07 Å². The second kappa shape index (κ2) is 8.08. The number of aromatic hydroxyl groups is 1. The van der Waals surface area contributed by atoms with Crippen LogP contribution in [0.1, 0.15) is 23.1 Å². The molecule has 0 aliphatic rings. The Hall–Kier alpha value is -1.10. The Bertz CT molecular complexity index is 366. The van der Waals surface area contributed by atoms with Crippen molar-refractivity contribution in [3.63, 3.8) is 0 Å². The molecule has 0 bridgehead atoms. The van der Waals surface area contributed by atoms with Gasteiger partial charge in [0.25, 0.3) is 0 Å². The smallest absolute Gasteiger partial charge is 0.120 e. The zero-order valence-corrected chi connectivity index (χ0v) is 11.2. The number of nitrogens with one attached hydrogen (secondary N) is 1. The highest BCUT2D eigenvalue weighted by Gasteiger charge is 2.03. The molecule has 0 amide bonds. The summed E-state index contributed by atoms with van der Waals surface area (Å²) < 4.78 is 5.15. The van der Waals surface area contributed by atoms with Crippen LogP contribution in [0.15, 0.2) is 12.1 Å². The lowest BCUT2D eigenvalue weighted by Crippen LogP contribution is -2.17. The molecule has 0 saturated heterocycles. The first-order chi connectivity index (χ1) is 8.65. The molecule has 4 heteroatoms. The fourth-order valence-corrected chi connectivity index (χ4v) is 1.69. The highest BCUT2D eigenvalue weighted by atomic mass is 16.5. The predicted octanol–water partition coefficient (Wildman–Crippen LogP) is 1.50. The van der Waals surface area contributed by atoms with Crippen molar-refractivity contribution in [2.24, 2.45) is 0 Å². The molecule has 0 fully saturated rings. The minimum atomic E-state index is 0.0734. The Labute approximate surface area is 109 Å². The van der Waals surface area contributed by atoms with Crippen LogP contribution in [-0.4, -0.2) is 36.6 Å². The van der Waals surface area contributed by atoms with E-state index in [4.69, 9.17) is 9.84 Å². The van der Waals surface area contributed by atoms with Crippen molar-refractivity contribution in [3.05, 3.63) is 28.8 Å². The van der Waals surface area contributed by atoms with Gasteiger partial charge in [-0.1, -0.05) is 6.07 Å². The fourth-order valence-electron chi connectivity index (χ4n) is 1.69. The molecule has 0 radical (unpaired) electrons. The number of phenolic OH excluding ortho intramolecular Hbond substituents is 1. The summed E-state index contributed by atoms with van der Waals surface area (Å²) in [5, 5.41) is 21.6. The van der Waals surface area contributed by atoms with Crippen LogP contribution >= 0.6 is 0 Å². The van der Waals surface area contributed by atoms with Crippen molar-refractivity contribution < 1.29 is 14.9 Å². The lowest BCUT2D eigenvalue weighted by molar-refractivity contribution is 0.0907. The predicted molar refractivity (Wildman–Crippen MR) is 71.8 cm³/mol. The zero-order chi connectivity index (χ0) is 13.4. The van der Waals surface area contributed by atoms with E-state index in [2.05, 4.69) is 5.32 Å². The molecule has 18 heavy (non-hydrogen) atoms. The van der Waals surface area contributed by atoms with E-state index in [1.807, 2.05) is 19.9 Å². The molecule has 0 spiro atoms. The zero-order valence-electron chi connectivity index (χ0n) is 11.2. The van der Waals surface area contributed by atoms with Gasteiger partial charge in [0.15, 0.2) is 0 Å². The number of aliphatic hydroxyl groups is 1. The molecule has 0 heterocycles. The molecular weight excluding hydrogens is 230 g/mol. The Morgan fingerprint density at radius 1 is 1.17 bits per heavy atom. The molecule has 4 nitrogen and oxygen atoms in total. The number of phenols is 1. The third-order valence-electron chi connectivity index (χ3n) is 2.89. The topological polar surface area (TPSA) is 61.7 Å². The van der Waals surface area contributed by atoms with Crippen LogP contribution in [0.2, 0.25) is 0 Å². The van der Waals surface area contributed by atoms with Crippen molar-refractivity contribution in [2.75, 3.05) is 26.4 Å². The van der Waals surface area contributed by atoms with Gasteiger partial charge in [-0.2, -0.15) is 0 Å². The molecule has 0 aromatic heterocycles. The number of aliphatic hydroxyl groups excluding tert-OH is 1. The number of aryl methyl sites for hydroxylation is 2. The third kappa shape index (κ3) is 5.04. The first kappa shape index (κ1) is 15.0. The van der Waals surface area contributed by atoms with E-state index in [-0.39, 0.29) is 6.61 Å². The normalized spacial score (nSPS) is 10.8. The van der Waals surface area contributed by atoms with E-state index >= 15 is 0 Å². The molecule has 0 aliphatic heterocycles. The first-order valence-electron chi connectivity index (χ1n) is 6.33. The van der Waals surface area contributed by atoms with Crippen molar-refractivity contribution in [3.8, 4) is 5.75 Å². The average Bonchev–Trinajstić information content (AvgIpc) is 2.34. The molecular formula is C14H23NO3. The van der Waals surface area contributed by atoms with Gasteiger partial charge in [-0.25, -0.2) is 0 Å². The quantitative estimate of drug-likeness (QED) is 0.614. The molecule has 3 N–H and O–H groups in total. The molecule has 1 aromatic rings. The molecule has 102 valence electrons. The van der Waals surface area contributed by atoms with Crippen LogP contribution in [0.4, 0.5) is 0 Å². The van der Waals surface area contributed by atoms with Crippen LogP contribution in [0, 0.1) is 13.8 Å². The Balaban J connectivity index is 2.25. The van der Waals surface area contributed by atoms with E-state index < -0.39 is 0 Å². The highest BCUT2D eigenvalue weighted by molar-refractivity contribution is 5.40. The van der Waals surface area contributed by atoms with E-state index in [0.717, 1.165) is 24.1 Å². The summed E-state index contributed by atoms with van der Waals surface area (Å²) in [5.41, 5.74) is 3.22. The minimum absolute atomic E-state index is 0.0734. The number of ether oxygens (including phenoxy) is 1. The van der Waals surface area contributed by atoms with Crippen LogP contribution in [-0.2, 0) is 11.3 Å². The molecule has 0 atom stereocenters. The maximum Gasteiger partial charge on any atom is 0.120 e. The summed E-state index contributed by atoms with van der Waals surface area (Å²) in [6.45, 7) is 6.64. The van der Waals surface area contributed by atoms with Gasteiger partial charge in [0, 0.05) is 18.7 Å². The fraction of sp³-hybridized carbons (Fsp3) is 0.571. The third-order valence-corrected chi connectivity index (χ3v) is 2.89. The number of benzene rings is 1. The van der Waals surface area contributed by atoms with E-state index in [1.165, 1.54) is 5.56 Å². The Morgan fingerprint density at radius 3 is 2.61 bits per heavy atom. The number of hydrogen-bond donors (Lipinski definition) is 3. The largest absolute Gasteiger partial charge is 0.508 e. The minimum Gasteiger partial charge on any atom is -0.508 e. The summed E-state index contributed by atoms with van der Waals surface area (Å²) in [7, 11) is 0. The van der Waals surface area contributed by atoms with Gasteiger partial charge < -0.3 is 20.3 Å². The Kier molecular flexibility index (Phi) is 6.72. The van der Waals surface area contributed by atoms with Crippen LogP contribution in [0.3, 0.4) is 0 Å². The molecule has 0 saturated carbocycles. The van der Waals surface area contributed by atoms with E-state index in [9.17, 15) is 5.11 Å². The lowest BCUT2D eigenvalue weighted by atomic mass is 10.1. The average molecular weight is 253 g/mol. The van der Waals surface area contributed by atoms with Crippen LogP contribution in [0.5, 0.6) is 5.75 Å². The SMILES string of the molecule is Cc1cc(O)c(CNCCCOCCO)cc1C. The molecule has 0 aliphatic carbocycles. The summed E-state index contributed by atoms with van der Waals surface area (Å²) in [6.07, 6.45) is 0.894. The molecule has 0 unspecified atom stereocenters. The Morgan fingerprint density at radius 2 is 1.89 bits per heavy atom. The van der Waals surface area contributed by atoms with Crippen molar-refractivity contribution in [1.29, 1.82) is 0 Å². The molecule has 1 rings (SSSR count). The van der Waals surface area contributed by atoms with Crippen LogP contribution in [0.25, 0.3) is 0 Å². The lowest BCUT2D eigenvalue weighted by Gasteiger charge is -2.10. The van der Waals surface area contributed by atoms with Crippen molar-refractivity contribution >= 4 is 0 Å². The van der Waals surface area contributed by atoms with Gasteiger partial charge in [-0.3, -0.25) is 0 Å². The summed E-state index contributed by atoms with van der Waals surface area (Å²) in [4.78, 5) is 0. The standard InChI is InChI=1S/C14H23NO3/c1-11-8-13(14(17)9-12(11)2)10-15-4-3-6-18-7-5-16/h8-9,15-17H,3-7,10H2,1-2H3. The summed E-state index contributed by atoms with van der Waals surface area (Å²) in [5.74, 6) is 0.349. The second-order valence-electron chi connectivity index (χ2n) is 4.43. The van der Waals surface area contributed by atoms with Crippen molar-refractivity contribution in [2.45, 2.75) is 26.8 Å². The van der Waals surface area contributed by atoms with Gasteiger partial charge in [-0.15, -0.1) is 0 Å². The highest BCUT2D eigenvalue weighted by Crippen LogP contribution is 2.21. The van der Waals surface area contributed by atoms with Crippen molar-refractivity contribution in [1.82, 2.24) is 5.32 Å². The first-order valence-corrected chi connectivity index (χ1v) is 6.33. The summed E-state index contributed by atoms with van der Waals surface area (Å²) >= 11 is 0. The number of rotatable bonds is 8. The monoisotopic (exact) mass is 253 g/mol. The maximum atomic E-state index is 9.80. The van der Waals surface area contributed by atoms with Gasteiger partial charge in [0.1, 0.15) is 5.75 Å². The van der Waals surface area contributed by atoms with E-state index in [0.29, 0.717) is 25.5 Å². The van der Waals surface area contributed by atoms with Gasteiger partial charge in [-0.05, 0) is 44.0 Å².